The molecule has 0 amide bonds. The van der Waals surface area contributed by atoms with Crippen molar-refractivity contribution in [3.8, 4) is 0 Å². The second-order valence-corrected chi connectivity index (χ2v) is 4.81. The number of hydrogen-bond donors (Lipinski definition) is 1. The van der Waals surface area contributed by atoms with Crippen LogP contribution in [0.1, 0.15) is 18.4 Å². The Labute approximate surface area is 100 Å². The van der Waals surface area contributed by atoms with E-state index in [1.165, 1.54) is 16.2 Å². The van der Waals surface area contributed by atoms with Gasteiger partial charge in [0.2, 0.25) is 0 Å². The molecule has 0 unspecified atom stereocenters. The lowest BCUT2D eigenvalue weighted by Crippen LogP contribution is -2.39. The Morgan fingerprint density at radius 1 is 1.29 bits per heavy atom. The Morgan fingerprint density at radius 2 is 1.94 bits per heavy atom. The molecule has 0 bridgehead atoms. The van der Waals surface area contributed by atoms with Crippen LogP contribution in [0, 0.1) is 5.92 Å². The molecule has 1 aliphatic heterocycles. The zero-order chi connectivity index (χ0) is 12.4. The number of nitrogens with one attached hydrogen (secondary N) is 1. The lowest BCUT2D eigenvalue weighted by Gasteiger charge is -2.22. The molecule has 0 aliphatic carbocycles. The van der Waals surface area contributed by atoms with E-state index in [1.807, 2.05) is 0 Å². The highest BCUT2D eigenvalue weighted by molar-refractivity contribution is 5.07. The second kappa shape index (κ2) is 4.87. The van der Waals surface area contributed by atoms with E-state index in [1.54, 1.807) is 13.2 Å². The van der Waals surface area contributed by atoms with Gasteiger partial charge in [-0.1, -0.05) is 0 Å². The smallest absolute Gasteiger partial charge is 0.317 e. The molecule has 1 aromatic rings. The van der Waals surface area contributed by atoms with E-state index in [9.17, 15) is 9.59 Å². The predicted molar refractivity (Wildman–Crippen MR) is 66.2 cm³/mol. The Hall–Kier alpha value is -1.36. The minimum absolute atomic E-state index is 0.147. The van der Waals surface area contributed by atoms with Crippen LogP contribution in [0.25, 0.3) is 0 Å². The molecule has 1 N–H and O–H groups in total. The van der Waals surface area contributed by atoms with Crippen LogP contribution >= 0.6 is 0 Å². The summed E-state index contributed by atoms with van der Waals surface area (Å²) < 4.78 is 2.67. The summed E-state index contributed by atoms with van der Waals surface area (Å²) in [5, 5.41) is 3.31. The van der Waals surface area contributed by atoms with Crippen molar-refractivity contribution in [2.75, 3.05) is 13.1 Å². The highest BCUT2D eigenvalue weighted by Gasteiger charge is 2.16. The first-order chi connectivity index (χ1) is 8.09. The maximum Gasteiger partial charge on any atom is 0.330 e. The van der Waals surface area contributed by atoms with E-state index in [2.05, 4.69) is 5.32 Å². The summed E-state index contributed by atoms with van der Waals surface area (Å²) in [6.07, 6.45) is 4.67. The van der Waals surface area contributed by atoms with Crippen molar-refractivity contribution in [1.82, 2.24) is 14.5 Å². The standard InChI is InChI=1S/C12H19N3O2/c1-14-8-10(11(16)15(2)12(14)17)7-9-3-5-13-6-4-9/h8-9,13H,3-7H2,1-2H3. The number of hydrogen-bond acceptors (Lipinski definition) is 3. The second-order valence-electron chi connectivity index (χ2n) is 4.81. The number of rotatable bonds is 2. The van der Waals surface area contributed by atoms with Crippen molar-refractivity contribution in [2.45, 2.75) is 19.3 Å². The summed E-state index contributed by atoms with van der Waals surface area (Å²) in [7, 11) is 3.23. The molecule has 0 atom stereocenters. The van der Waals surface area contributed by atoms with Crippen LogP contribution in [0.15, 0.2) is 15.8 Å². The Morgan fingerprint density at radius 3 is 2.59 bits per heavy atom. The van der Waals surface area contributed by atoms with Gasteiger partial charge in [0.1, 0.15) is 0 Å². The van der Waals surface area contributed by atoms with Gasteiger partial charge in [0.15, 0.2) is 0 Å². The fourth-order valence-electron chi connectivity index (χ4n) is 2.42. The van der Waals surface area contributed by atoms with Crippen molar-refractivity contribution in [3.05, 3.63) is 32.6 Å². The minimum atomic E-state index is -0.260. The average molecular weight is 237 g/mol. The third kappa shape index (κ3) is 2.49. The average Bonchev–Trinajstić information content (AvgIpc) is 2.35. The van der Waals surface area contributed by atoms with E-state index < -0.39 is 0 Å². The van der Waals surface area contributed by atoms with Gasteiger partial charge in [0.05, 0.1) is 0 Å². The Kier molecular flexibility index (Phi) is 3.47. The van der Waals surface area contributed by atoms with Crippen molar-refractivity contribution in [1.29, 1.82) is 0 Å². The molecule has 0 spiro atoms. The third-order valence-electron chi connectivity index (χ3n) is 3.48. The maximum atomic E-state index is 11.9. The fourth-order valence-corrected chi connectivity index (χ4v) is 2.42. The summed E-state index contributed by atoms with van der Waals surface area (Å²) in [6, 6.07) is 0. The molecular formula is C12H19N3O2. The van der Waals surface area contributed by atoms with Gasteiger partial charge in [-0.25, -0.2) is 4.79 Å². The largest absolute Gasteiger partial charge is 0.330 e. The van der Waals surface area contributed by atoms with Crippen molar-refractivity contribution in [2.24, 2.45) is 20.0 Å². The normalized spacial score (nSPS) is 17.3. The van der Waals surface area contributed by atoms with Gasteiger partial charge in [0, 0.05) is 25.9 Å². The topological polar surface area (TPSA) is 56.0 Å². The Bertz CT molecular complexity index is 509. The number of nitrogens with zero attached hydrogens (tertiary/aromatic N) is 2. The molecule has 1 fully saturated rings. The third-order valence-corrected chi connectivity index (χ3v) is 3.48. The van der Waals surface area contributed by atoms with E-state index in [0.717, 1.165) is 37.9 Å². The first kappa shape index (κ1) is 12.1. The molecule has 1 aromatic heterocycles. The number of aromatic nitrogens is 2. The first-order valence-corrected chi connectivity index (χ1v) is 6.06. The van der Waals surface area contributed by atoms with Crippen LogP contribution in [0.5, 0.6) is 0 Å². The van der Waals surface area contributed by atoms with Crippen LogP contribution in [0.3, 0.4) is 0 Å². The van der Waals surface area contributed by atoms with E-state index in [-0.39, 0.29) is 11.2 Å². The zero-order valence-electron chi connectivity index (χ0n) is 10.4. The van der Waals surface area contributed by atoms with Gasteiger partial charge in [0.25, 0.3) is 5.56 Å². The SMILES string of the molecule is Cn1cc(CC2CCNCC2)c(=O)n(C)c1=O. The molecular weight excluding hydrogens is 218 g/mol. The highest BCUT2D eigenvalue weighted by atomic mass is 16.2. The summed E-state index contributed by atoms with van der Waals surface area (Å²) in [5.74, 6) is 0.557. The van der Waals surface area contributed by atoms with E-state index >= 15 is 0 Å². The number of piperidine rings is 1. The molecule has 17 heavy (non-hydrogen) atoms. The number of aryl methyl sites for hydroxylation is 1. The molecule has 2 heterocycles. The van der Waals surface area contributed by atoms with Crippen LogP contribution in [-0.4, -0.2) is 22.2 Å². The summed E-state index contributed by atoms with van der Waals surface area (Å²) in [4.78, 5) is 23.5. The molecule has 5 heteroatoms. The minimum Gasteiger partial charge on any atom is -0.317 e. The summed E-state index contributed by atoms with van der Waals surface area (Å²) >= 11 is 0. The van der Waals surface area contributed by atoms with Crippen LogP contribution in [0.4, 0.5) is 0 Å². The molecule has 0 radical (unpaired) electrons. The van der Waals surface area contributed by atoms with Gasteiger partial charge in [-0.3, -0.25) is 9.36 Å². The fraction of sp³-hybridized carbons (Fsp3) is 0.667. The van der Waals surface area contributed by atoms with Gasteiger partial charge in [-0.2, -0.15) is 0 Å². The summed E-state index contributed by atoms with van der Waals surface area (Å²) in [6.45, 7) is 2.05. The monoisotopic (exact) mass is 237 g/mol. The first-order valence-electron chi connectivity index (χ1n) is 6.06. The van der Waals surface area contributed by atoms with Crippen LogP contribution in [0.2, 0.25) is 0 Å². The van der Waals surface area contributed by atoms with Crippen molar-refractivity contribution < 1.29 is 0 Å². The van der Waals surface area contributed by atoms with Crippen molar-refractivity contribution in [3.63, 3.8) is 0 Å². The highest BCUT2D eigenvalue weighted by Crippen LogP contribution is 2.15. The maximum absolute atomic E-state index is 11.9. The Balaban J connectivity index is 2.27. The van der Waals surface area contributed by atoms with E-state index in [4.69, 9.17) is 0 Å². The molecule has 5 nitrogen and oxygen atoms in total. The van der Waals surface area contributed by atoms with Crippen LogP contribution in [-0.2, 0) is 20.5 Å². The van der Waals surface area contributed by atoms with Gasteiger partial charge in [-0.15, -0.1) is 0 Å². The quantitative estimate of drug-likeness (QED) is 0.763. The van der Waals surface area contributed by atoms with Gasteiger partial charge in [-0.05, 0) is 38.3 Å². The molecule has 1 saturated heterocycles. The van der Waals surface area contributed by atoms with Crippen LogP contribution < -0.4 is 16.6 Å². The molecule has 1 aliphatic rings. The molecule has 94 valence electrons. The van der Waals surface area contributed by atoms with Crippen molar-refractivity contribution >= 4 is 0 Å². The lowest BCUT2D eigenvalue weighted by molar-refractivity contribution is 0.370. The zero-order valence-corrected chi connectivity index (χ0v) is 10.4. The predicted octanol–water partition coefficient (Wildman–Crippen LogP) is -0.374. The van der Waals surface area contributed by atoms with Gasteiger partial charge < -0.3 is 9.88 Å². The molecule has 0 aromatic carbocycles. The van der Waals surface area contributed by atoms with Gasteiger partial charge >= 0.3 is 5.69 Å². The van der Waals surface area contributed by atoms with E-state index in [0.29, 0.717) is 5.92 Å². The summed E-state index contributed by atoms with van der Waals surface area (Å²) in [5.41, 5.74) is 0.345. The molecule has 0 saturated carbocycles. The molecule has 2 rings (SSSR count). The lowest BCUT2D eigenvalue weighted by atomic mass is 9.92.